The van der Waals surface area contributed by atoms with Crippen LogP contribution in [0.5, 0.6) is 0 Å². The lowest BCUT2D eigenvalue weighted by molar-refractivity contribution is 0.160. The average molecular weight is 461 g/mol. The van der Waals surface area contributed by atoms with Crippen molar-refractivity contribution in [2.75, 3.05) is 24.4 Å². The number of piperidine rings is 1. The summed E-state index contributed by atoms with van der Waals surface area (Å²) in [5, 5.41) is 13.8. The van der Waals surface area contributed by atoms with E-state index in [2.05, 4.69) is 42.7 Å². The highest BCUT2D eigenvalue weighted by Crippen LogP contribution is 2.24. The summed E-state index contributed by atoms with van der Waals surface area (Å²) < 4.78 is 29.9. The average Bonchev–Trinajstić information content (AvgIpc) is 2.73. The highest BCUT2D eigenvalue weighted by Gasteiger charge is 2.30. The molecule has 8 heteroatoms. The van der Waals surface area contributed by atoms with Crippen LogP contribution in [0.25, 0.3) is 0 Å². The second kappa shape index (κ2) is 10.3. The van der Waals surface area contributed by atoms with Gasteiger partial charge in [-0.2, -0.15) is 12.7 Å². The van der Waals surface area contributed by atoms with Crippen molar-refractivity contribution in [3.8, 4) is 0 Å². The molecule has 1 fully saturated rings. The number of hydrogen-bond donors (Lipinski definition) is 3. The van der Waals surface area contributed by atoms with Crippen molar-refractivity contribution in [1.82, 2.24) is 14.6 Å². The summed E-state index contributed by atoms with van der Waals surface area (Å²) >= 11 is 0. The predicted octanol–water partition coefficient (Wildman–Crippen LogP) is 3.36. The molecule has 1 aromatic heterocycles. The highest BCUT2D eigenvalue weighted by molar-refractivity contribution is 7.90. The van der Waals surface area contributed by atoms with Gasteiger partial charge in [0.15, 0.2) is 0 Å². The number of aliphatic hydroxyl groups excluding tert-OH is 1. The number of hydrogen-bond acceptors (Lipinski definition) is 5. The SMILES string of the molecule is C[C@@H]1C[C@H](C)CN(S(=O)(=O)Nc2ccc(CC(C)(C)NC[C@H](O)c3cccnc3)cc2)C1. The molecule has 3 N–H and O–H groups in total. The van der Waals surface area contributed by atoms with E-state index in [0.717, 1.165) is 24.0 Å². The Morgan fingerprint density at radius 1 is 1.16 bits per heavy atom. The molecule has 1 aromatic carbocycles. The molecule has 2 aromatic rings. The Balaban J connectivity index is 1.55. The summed E-state index contributed by atoms with van der Waals surface area (Å²) in [5.41, 5.74) is 2.19. The van der Waals surface area contributed by atoms with Crippen molar-refractivity contribution in [1.29, 1.82) is 0 Å². The summed E-state index contributed by atoms with van der Waals surface area (Å²) in [4.78, 5) is 4.05. The van der Waals surface area contributed by atoms with Gasteiger partial charge in [-0.25, -0.2) is 0 Å². The third kappa shape index (κ3) is 7.00. The Bertz CT molecular complexity index is 954. The Morgan fingerprint density at radius 2 is 1.81 bits per heavy atom. The number of nitrogens with one attached hydrogen (secondary N) is 2. The van der Waals surface area contributed by atoms with E-state index in [0.29, 0.717) is 37.2 Å². The molecular weight excluding hydrogens is 424 g/mol. The summed E-state index contributed by atoms with van der Waals surface area (Å²) in [6.45, 7) is 9.89. The largest absolute Gasteiger partial charge is 0.387 e. The van der Waals surface area contributed by atoms with Gasteiger partial charge in [-0.15, -0.1) is 0 Å². The molecule has 1 saturated heterocycles. The van der Waals surface area contributed by atoms with Crippen molar-refractivity contribution in [2.24, 2.45) is 11.8 Å². The molecule has 1 aliphatic heterocycles. The Kier molecular flexibility index (Phi) is 7.92. The van der Waals surface area contributed by atoms with Crippen LogP contribution in [0.4, 0.5) is 5.69 Å². The zero-order valence-electron chi connectivity index (χ0n) is 19.5. The van der Waals surface area contributed by atoms with Crippen molar-refractivity contribution in [3.63, 3.8) is 0 Å². The van der Waals surface area contributed by atoms with Gasteiger partial charge in [-0.05, 0) is 62.3 Å². The molecule has 0 spiro atoms. The van der Waals surface area contributed by atoms with Crippen molar-refractivity contribution in [2.45, 2.75) is 52.2 Å². The molecule has 32 heavy (non-hydrogen) atoms. The van der Waals surface area contributed by atoms with Crippen LogP contribution in [0.1, 0.15) is 51.3 Å². The summed E-state index contributed by atoms with van der Waals surface area (Å²) in [6.07, 6.45) is 4.53. The van der Waals surface area contributed by atoms with Crippen LogP contribution in [0, 0.1) is 11.8 Å². The Morgan fingerprint density at radius 3 is 2.41 bits per heavy atom. The number of nitrogens with zero attached hydrogens (tertiary/aromatic N) is 2. The first kappa shape index (κ1) is 24.6. The number of aromatic nitrogens is 1. The maximum Gasteiger partial charge on any atom is 0.301 e. The minimum Gasteiger partial charge on any atom is -0.387 e. The zero-order valence-corrected chi connectivity index (χ0v) is 20.3. The maximum absolute atomic E-state index is 12.8. The lowest BCUT2D eigenvalue weighted by Gasteiger charge is -2.34. The molecule has 3 rings (SSSR count). The van der Waals surface area contributed by atoms with Gasteiger partial charge in [0.1, 0.15) is 0 Å². The van der Waals surface area contributed by atoms with Crippen molar-refractivity contribution < 1.29 is 13.5 Å². The van der Waals surface area contributed by atoms with E-state index >= 15 is 0 Å². The number of rotatable bonds is 9. The van der Waals surface area contributed by atoms with Gasteiger partial charge in [-0.1, -0.05) is 32.0 Å². The van der Waals surface area contributed by atoms with Crippen LogP contribution < -0.4 is 10.0 Å². The van der Waals surface area contributed by atoms with Crippen molar-refractivity contribution in [3.05, 3.63) is 59.9 Å². The van der Waals surface area contributed by atoms with E-state index in [4.69, 9.17) is 0 Å². The topological polar surface area (TPSA) is 94.6 Å². The number of β-amino-alcohol motifs (C(OH)–C–C–N with tert-alkyl or cyclic N) is 1. The van der Waals surface area contributed by atoms with Crippen LogP contribution in [0.15, 0.2) is 48.8 Å². The number of benzene rings is 1. The number of pyridine rings is 1. The summed E-state index contributed by atoms with van der Waals surface area (Å²) in [5.74, 6) is 0.730. The Labute approximate surface area is 192 Å². The fourth-order valence-corrected chi connectivity index (χ4v) is 5.81. The van der Waals surface area contributed by atoms with Gasteiger partial charge in [0, 0.05) is 48.8 Å². The van der Waals surface area contributed by atoms with E-state index in [1.807, 2.05) is 36.4 Å². The quantitative estimate of drug-likeness (QED) is 0.533. The molecular formula is C24H36N4O3S. The molecule has 2 heterocycles. The van der Waals surface area contributed by atoms with E-state index < -0.39 is 16.3 Å². The molecule has 0 saturated carbocycles. The molecule has 1 aliphatic rings. The molecule has 0 amide bonds. The van der Waals surface area contributed by atoms with Crippen molar-refractivity contribution >= 4 is 15.9 Å². The molecule has 0 radical (unpaired) electrons. The summed E-state index contributed by atoms with van der Waals surface area (Å²) in [6, 6.07) is 11.2. The normalized spacial score (nSPS) is 21.3. The van der Waals surface area contributed by atoms with Gasteiger partial charge < -0.3 is 10.4 Å². The van der Waals surface area contributed by atoms with E-state index in [9.17, 15) is 13.5 Å². The van der Waals surface area contributed by atoms with E-state index in [1.54, 1.807) is 16.7 Å². The predicted molar refractivity (Wildman–Crippen MR) is 128 cm³/mol. The van der Waals surface area contributed by atoms with Gasteiger partial charge in [0.2, 0.25) is 0 Å². The van der Waals surface area contributed by atoms with Gasteiger partial charge in [0.25, 0.3) is 0 Å². The first-order valence-electron chi connectivity index (χ1n) is 11.2. The minimum atomic E-state index is -3.56. The first-order valence-corrected chi connectivity index (χ1v) is 12.7. The third-order valence-electron chi connectivity index (χ3n) is 5.87. The second-order valence-electron chi connectivity index (χ2n) is 9.81. The van der Waals surface area contributed by atoms with Crippen LogP contribution in [0.2, 0.25) is 0 Å². The molecule has 7 nitrogen and oxygen atoms in total. The lowest BCUT2D eigenvalue weighted by atomic mass is 9.94. The second-order valence-corrected chi connectivity index (χ2v) is 11.5. The van der Waals surface area contributed by atoms with Crippen LogP contribution in [-0.4, -0.2) is 48.0 Å². The van der Waals surface area contributed by atoms with E-state index in [1.165, 1.54) is 0 Å². The summed E-state index contributed by atoms with van der Waals surface area (Å²) in [7, 11) is -3.56. The standard InChI is InChI=1S/C24H36N4O3S/c1-18-12-19(2)17-28(16-18)32(30,31)27-22-9-7-20(8-10-22)13-24(3,4)26-15-23(29)21-6-5-11-25-14-21/h5-11,14,18-19,23,26-27,29H,12-13,15-17H2,1-4H3/t18-,19+,23-/m0/s1. The molecule has 0 unspecified atom stereocenters. The smallest absolute Gasteiger partial charge is 0.301 e. The van der Waals surface area contributed by atoms with Gasteiger partial charge in [-0.3, -0.25) is 9.71 Å². The first-order chi connectivity index (χ1) is 15.0. The minimum absolute atomic E-state index is 0.246. The monoisotopic (exact) mass is 460 g/mol. The molecule has 0 aliphatic carbocycles. The number of anilines is 1. The van der Waals surface area contributed by atoms with E-state index in [-0.39, 0.29) is 5.54 Å². The van der Waals surface area contributed by atoms with Crippen LogP contribution in [0.3, 0.4) is 0 Å². The highest BCUT2D eigenvalue weighted by atomic mass is 32.2. The van der Waals surface area contributed by atoms with Crippen LogP contribution >= 0.6 is 0 Å². The fraction of sp³-hybridized carbons (Fsp3) is 0.542. The molecule has 0 bridgehead atoms. The van der Waals surface area contributed by atoms with Crippen LogP contribution in [-0.2, 0) is 16.6 Å². The molecule has 3 atom stereocenters. The number of aliphatic hydroxyl groups is 1. The Hall–Kier alpha value is -2.00. The third-order valence-corrected chi connectivity index (χ3v) is 7.34. The van der Waals surface area contributed by atoms with Gasteiger partial charge in [0.05, 0.1) is 6.10 Å². The maximum atomic E-state index is 12.8. The molecule has 176 valence electrons. The van der Waals surface area contributed by atoms with Gasteiger partial charge >= 0.3 is 10.2 Å². The lowest BCUT2D eigenvalue weighted by Crippen LogP contribution is -2.45. The zero-order chi connectivity index (χ0) is 23.4. The fourth-order valence-electron chi connectivity index (χ4n) is 4.34.